The van der Waals surface area contributed by atoms with E-state index in [2.05, 4.69) is 4.74 Å². The lowest BCUT2D eigenvalue weighted by molar-refractivity contribution is 0.0390. The fourth-order valence-corrected chi connectivity index (χ4v) is 3.29. The van der Waals surface area contributed by atoms with Crippen molar-refractivity contribution < 1.29 is 49.0 Å². The van der Waals surface area contributed by atoms with Gasteiger partial charge in [-0.1, -0.05) is 0 Å². The van der Waals surface area contributed by atoms with Crippen LogP contribution < -0.4 is 0 Å². The lowest BCUT2D eigenvalue weighted by atomic mass is 10.2. The van der Waals surface area contributed by atoms with Crippen LogP contribution in [-0.4, -0.2) is 37.9 Å². The van der Waals surface area contributed by atoms with Gasteiger partial charge in [-0.05, 0) is 36.4 Å². The van der Waals surface area contributed by atoms with E-state index in [0.29, 0.717) is 36.4 Å². The van der Waals surface area contributed by atoms with Crippen molar-refractivity contribution >= 4 is 32.2 Å². The first-order chi connectivity index (χ1) is 12.3. The average Bonchev–Trinajstić information content (AvgIpc) is 2.52. The zero-order chi connectivity index (χ0) is 20.6. The molecule has 0 atom stereocenters. The van der Waals surface area contributed by atoms with E-state index in [9.17, 15) is 35.2 Å². The molecule has 0 aliphatic rings. The molecule has 0 amide bonds. The number of halogens is 2. The van der Waals surface area contributed by atoms with E-state index in [1.54, 1.807) is 0 Å². The molecule has 0 fully saturated rings. The molecule has 0 saturated heterocycles. The Morgan fingerprint density at radius 1 is 0.741 bits per heavy atom. The number of hydrogen-bond donors (Lipinski definition) is 2. The molecule has 0 unspecified atom stereocenters. The molecule has 144 valence electrons. The highest BCUT2D eigenvalue weighted by Gasteiger charge is 2.28. The van der Waals surface area contributed by atoms with Gasteiger partial charge in [0.25, 0.3) is 20.2 Å². The SMILES string of the molecule is O=C(OC(=O)c1cc(F)ccc1S(=O)(=O)O)c1cc(F)ccc1S(=O)(=O)O. The summed E-state index contributed by atoms with van der Waals surface area (Å²) in [4.78, 5) is 21.8. The Hall–Kier alpha value is -2.74. The number of carbonyl (C=O) groups is 2. The van der Waals surface area contributed by atoms with Crippen LogP contribution in [0.5, 0.6) is 0 Å². The fourth-order valence-electron chi connectivity index (χ4n) is 1.97. The molecule has 9 nitrogen and oxygen atoms in total. The molecule has 13 heteroatoms. The maximum atomic E-state index is 13.3. The number of hydrogen-bond acceptors (Lipinski definition) is 7. The van der Waals surface area contributed by atoms with Gasteiger partial charge in [0.05, 0.1) is 11.1 Å². The standard InChI is InChI=1S/C14H8F2O9S2/c15-7-1-3-11(26(19,20)21)9(5-7)13(17)25-14(18)10-6-8(16)2-4-12(10)27(22,23)24/h1-6H,(H,19,20,21)(H,22,23,24). The van der Waals surface area contributed by atoms with Crippen LogP contribution >= 0.6 is 0 Å². The highest BCUT2D eigenvalue weighted by Crippen LogP contribution is 2.21. The fraction of sp³-hybridized carbons (Fsp3) is 0. The van der Waals surface area contributed by atoms with Gasteiger partial charge < -0.3 is 4.74 Å². The maximum Gasteiger partial charge on any atom is 0.347 e. The van der Waals surface area contributed by atoms with Crippen molar-refractivity contribution in [2.24, 2.45) is 0 Å². The summed E-state index contributed by atoms with van der Waals surface area (Å²) in [5, 5.41) is 0. The van der Waals surface area contributed by atoms with E-state index >= 15 is 0 Å². The Morgan fingerprint density at radius 3 is 1.37 bits per heavy atom. The molecular formula is C14H8F2O9S2. The van der Waals surface area contributed by atoms with Gasteiger partial charge in [-0.2, -0.15) is 16.8 Å². The first kappa shape index (κ1) is 20.6. The van der Waals surface area contributed by atoms with E-state index in [4.69, 9.17) is 9.11 Å². The third-order valence-corrected chi connectivity index (χ3v) is 4.89. The number of carbonyl (C=O) groups excluding carboxylic acids is 2. The van der Waals surface area contributed by atoms with Gasteiger partial charge in [-0.3, -0.25) is 9.11 Å². The summed E-state index contributed by atoms with van der Waals surface area (Å²) in [6.45, 7) is 0. The minimum absolute atomic E-state index is 0.341. The highest BCUT2D eigenvalue weighted by molar-refractivity contribution is 7.86. The summed E-state index contributed by atoms with van der Waals surface area (Å²) in [5.41, 5.74) is -2.15. The van der Waals surface area contributed by atoms with Gasteiger partial charge >= 0.3 is 11.9 Å². The largest absolute Gasteiger partial charge is 0.386 e. The predicted molar refractivity (Wildman–Crippen MR) is 82.2 cm³/mol. The quantitative estimate of drug-likeness (QED) is 0.423. The summed E-state index contributed by atoms with van der Waals surface area (Å²) < 4.78 is 93.9. The number of benzene rings is 2. The maximum absolute atomic E-state index is 13.3. The summed E-state index contributed by atoms with van der Waals surface area (Å²) in [5.74, 6) is -5.80. The molecule has 0 aliphatic carbocycles. The van der Waals surface area contributed by atoms with Crippen LogP contribution in [0, 0.1) is 11.6 Å². The lowest BCUT2D eigenvalue weighted by Crippen LogP contribution is -2.18. The van der Waals surface area contributed by atoms with E-state index < -0.39 is 64.7 Å². The van der Waals surface area contributed by atoms with Crippen LogP contribution in [0.4, 0.5) is 8.78 Å². The molecule has 0 radical (unpaired) electrons. The second-order valence-electron chi connectivity index (χ2n) is 4.91. The van der Waals surface area contributed by atoms with Crippen LogP contribution in [0.25, 0.3) is 0 Å². The molecule has 0 spiro atoms. The molecule has 0 aromatic heterocycles. The molecule has 27 heavy (non-hydrogen) atoms. The third-order valence-electron chi connectivity index (χ3n) is 3.06. The van der Waals surface area contributed by atoms with Gasteiger partial charge in [0.1, 0.15) is 21.4 Å². The zero-order valence-corrected chi connectivity index (χ0v) is 14.4. The number of rotatable bonds is 4. The van der Waals surface area contributed by atoms with Crippen LogP contribution in [-0.2, 0) is 25.0 Å². The zero-order valence-electron chi connectivity index (χ0n) is 12.8. The summed E-state index contributed by atoms with van der Waals surface area (Å²) in [6.07, 6.45) is 0. The summed E-state index contributed by atoms with van der Waals surface area (Å²) >= 11 is 0. The van der Waals surface area contributed by atoms with Gasteiger partial charge in [0, 0.05) is 0 Å². The first-order valence-corrected chi connectivity index (χ1v) is 9.49. The average molecular weight is 422 g/mol. The third kappa shape index (κ3) is 4.71. The monoisotopic (exact) mass is 422 g/mol. The smallest absolute Gasteiger partial charge is 0.347 e. The van der Waals surface area contributed by atoms with Crippen molar-refractivity contribution in [1.29, 1.82) is 0 Å². The Balaban J connectivity index is 2.49. The molecule has 0 heterocycles. The number of esters is 2. The van der Waals surface area contributed by atoms with Crippen molar-refractivity contribution in [3.05, 3.63) is 59.2 Å². The van der Waals surface area contributed by atoms with Crippen molar-refractivity contribution in [1.82, 2.24) is 0 Å². The molecule has 0 saturated carbocycles. The number of ether oxygens (including phenoxy) is 1. The lowest BCUT2D eigenvalue weighted by Gasteiger charge is -2.09. The predicted octanol–water partition coefficient (Wildman–Crippen LogP) is 1.46. The first-order valence-electron chi connectivity index (χ1n) is 6.61. The Labute approximate surface area is 150 Å². The second-order valence-corrected chi connectivity index (χ2v) is 7.69. The van der Waals surface area contributed by atoms with Crippen LogP contribution in [0.15, 0.2) is 46.2 Å². The van der Waals surface area contributed by atoms with Gasteiger partial charge in [0.15, 0.2) is 0 Å². The summed E-state index contributed by atoms with van der Waals surface area (Å²) in [6, 6.07) is 2.94. The van der Waals surface area contributed by atoms with E-state index in [-0.39, 0.29) is 0 Å². The molecular weight excluding hydrogens is 414 g/mol. The molecule has 0 bridgehead atoms. The molecule has 2 aromatic rings. The van der Waals surface area contributed by atoms with E-state index in [0.717, 1.165) is 0 Å². The highest BCUT2D eigenvalue weighted by atomic mass is 32.2. The Kier molecular flexibility index (Phi) is 5.42. The van der Waals surface area contributed by atoms with Crippen molar-refractivity contribution in [3.63, 3.8) is 0 Å². The Bertz CT molecular complexity index is 1060. The minimum atomic E-state index is -5.01. The van der Waals surface area contributed by atoms with Crippen molar-refractivity contribution in [2.45, 2.75) is 9.79 Å². The summed E-state index contributed by atoms with van der Waals surface area (Å²) in [7, 11) is -10.0. The molecule has 2 rings (SSSR count). The topological polar surface area (TPSA) is 152 Å². The Morgan fingerprint density at radius 2 is 1.07 bits per heavy atom. The van der Waals surface area contributed by atoms with Crippen LogP contribution in [0.2, 0.25) is 0 Å². The minimum Gasteiger partial charge on any atom is -0.386 e. The van der Waals surface area contributed by atoms with E-state index in [1.807, 2.05) is 0 Å². The normalized spacial score (nSPS) is 11.9. The van der Waals surface area contributed by atoms with Crippen molar-refractivity contribution in [2.75, 3.05) is 0 Å². The van der Waals surface area contributed by atoms with Gasteiger partial charge in [-0.15, -0.1) is 0 Å². The second kappa shape index (κ2) is 7.11. The molecule has 2 aromatic carbocycles. The van der Waals surface area contributed by atoms with Gasteiger partial charge in [-0.25, -0.2) is 18.4 Å². The molecule has 2 N–H and O–H groups in total. The van der Waals surface area contributed by atoms with E-state index in [1.165, 1.54) is 0 Å². The van der Waals surface area contributed by atoms with Gasteiger partial charge in [0.2, 0.25) is 0 Å². The van der Waals surface area contributed by atoms with Crippen LogP contribution in [0.3, 0.4) is 0 Å². The van der Waals surface area contributed by atoms with Crippen LogP contribution in [0.1, 0.15) is 20.7 Å². The molecule has 0 aliphatic heterocycles. The van der Waals surface area contributed by atoms with Crippen molar-refractivity contribution in [3.8, 4) is 0 Å².